The molecule has 0 saturated carbocycles. The first kappa shape index (κ1) is 9.53. The Hall–Kier alpha value is -1.02. The summed E-state index contributed by atoms with van der Waals surface area (Å²) in [6.45, 7) is 6.78. The van der Waals surface area contributed by atoms with Crippen molar-refractivity contribution in [1.29, 1.82) is 0 Å². The number of aliphatic hydroxyl groups excluding tert-OH is 1. The maximum atomic E-state index is 9.88. The van der Waals surface area contributed by atoms with E-state index in [1.807, 2.05) is 13.8 Å². The van der Waals surface area contributed by atoms with E-state index in [9.17, 15) is 5.11 Å². The lowest BCUT2D eigenvalue weighted by Crippen LogP contribution is -2.16. The lowest BCUT2D eigenvalue weighted by Gasteiger charge is -2.26. The number of hydrogen-bond acceptors (Lipinski definition) is 2. The number of benzene rings is 1. The molecule has 2 nitrogen and oxygen atoms in total. The molecule has 2 heteroatoms. The summed E-state index contributed by atoms with van der Waals surface area (Å²) < 4.78 is 5.63. The summed E-state index contributed by atoms with van der Waals surface area (Å²) in [5.74, 6) is 0.904. The predicted octanol–water partition coefficient (Wildman–Crippen LogP) is 2.43. The Bertz CT molecular complexity index is 369. The van der Waals surface area contributed by atoms with E-state index in [1.165, 1.54) is 5.56 Å². The summed E-state index contributed by atoms with van der Waals surface area (Å²) in [7, 11) is 0. The molecule has 1 aromatic rings. The van der Waals surface area contributed by atoms with Gasteiger partial charge in [0.2, 0.25) is 0 Å². The Balaban J connectivity index is 2.66. The molecule has 1 aliphatic heterocycles. The number of aryl methyl sites for hydroxylation is 2. The molecule has 1 heterocycles. The first-order valence-corrected chi connectivity index (χ1v) is 5.03. The number of aliphatic hydroxyl groups is 1. The van der Waals surface area contributed by atoms with Crippen LogP contribution in [0.4, 0.5) is 0 Å². The minimum Gasteiger partial charge on any atom is -0.493 e. The Labute approximate surface area is 84.5 Å². The van der Waals surface area contributed by atoms with Gasteiger partial charge in [-0.05, 0) is 37.5 Å². The molecule has 0 aliphatic carbocycles. The molecule has 0 bridgehead atoms. The van der Waals surface area contributed by atoms with E-state index < -0.39 is 0 Å². The van der Waals surface area contributed by atoms with E-state index in [4.69, 9.17) is 4.74 Å². The van der Waals surface area contributed by atoms with Crippen LogP contribution in [0, 0.1) is 20.8 Å². The maximum Gasteiger partial charge on any atom is 0.128 e. The van der Waals surface area contributed by atoms with Crippen molar-refractivity contribution >= 4 is 0 Å². The molecule has 2 rings (SSSR count). The molecular weight excluding hydrogens is 176 g/mol. The van der Waals surface area contributed by atoms with Gasteiger partial charge in [-0.15, -0.1) is 0 Å². The van der Waals surface area contributed by atoms with E-state index in [1.54, 1.807) is 0 Å². The molecule has 0 radical (unpaired) electrons. The standard InChI is InChI=1S/C12H16O2/c1-7-6-8(2)11-10(13)4-5-14-12(11)9(7)3/h6,10,13H,4-5H2,1-3H3. The fourth-order valence-corrected chi connectivity index (χ4v) is 2.09. The second-order valence-corrected chi connectivity index (χ2v) is 4.03. The molecular formula is C12H16O2. The predicted molar refractivity (Wildman–Crippen MR) is 55.7 cm³/mol. The van der Waals surface area contributed by atoms with E-state index in [0.717, 1.165) is 22.4 Å². The molecule has 0 amide bonds. The Morgan fingerprint density at radius 1 is 1.29 bits per heavy atom. The highest BCUT2D eigenvalue weighted by Crippen LogP contribution is 2.38. The highest BCUT2D eigenvalue weighted by molar-refractivity contribution is 5.51. The fourth-order valence-electron chi connectivity index (χ4n) is 2.09. The topological polar surface area (TPSA) is 29.5 Å². The Kier molecular flexibility index (Phi) is 2.23. The monoisotopic (exact) mass is 192 g/mol. The average molecular weight is 192 g/mol. The minimum atomic E-state index is -0.349. The maximum absolute atomic E-state index is 9.88. The van der Waals surface area contributed by atoms with Crippen molar-refractivity contribution in [1.82, 2.24) is 0 Å². The number of hydrogen-bond donors (Lipinski definition) is 1. The Morgan fingerprint density at radius 2 is 2.00 bits per heavy atom. The smallest absolute Gasteiger partial charge is 0.128 e. The zero-order chi connectivity index (χ0) is 10.3. The fraction of sp³-hybridized carbons (Fsp3) is 0.500. The normalized spacial score (nSPS) is 20.1. The van der Waals surface area contributed by atoms with Gasteiger partial charge in [-0.2, -0.15) is 0 Å². The highest BCUT2D eigenvalue weighted by atomic mass is 16.5. The van der Waals surface area contributed by atoms with Gasteiger partial charge in [-0.25, -0.2) is 0 Å². The molecule has 1 atom stereocenters. The van der Waals surface area contributed by atoms with Crippen molar-refractivity contribution in [2.24, 2.45) is 0 Å². The lowest BCUT2D eigenvalue weighted by molar-refractivity contribution is 0.114. The molecule has 1 N–H and O–H groups in total. The number of fused-ring (bicyclic) bond motifs is 1. The summed E-state index contributed by atoms with van der Waals surface area (Å²) in [6, 6.07) is 2.12. The highest BCUT2D eigenvalue weighted by Gasteiger charge is 2.23. The third kappa shape index (κ3) is 1.30. The zero-order valence-corrected chi connectivity index (χ0v) is 8.92. The van der Waals surface area contributed by atoms with E-state index >= 15 is 0 Å². The van der Waals surface area contributed by atoms with Crippen LogP contribution in [-0.4, -0.2) is 11.7 Å². The van der Waals surface area contributed by atoms with Crippen molar-refractivity contribution in [3.05, 3.63) is 28.3 Å². The van der Waals surface area contributed by atoms with Crippen molar-refractivity contribution in [3.63, 3.8) is 0 Å². The molecule has 0 spiro atoms. The van der Waals surface area contributed by atoms with Crippen LogP contribution in [0.3, 0.4) is 0 Å². The van der Waals surface area contributed by atoms with Crippen LogP contribution in [-0.2, 0) is 0 Å². The van der Waals surface area contributed by atoms with Gasteiger partial charge in [0.25, 0.3) is 0 Å². The molecule has 1 unspecified atom stereocenters. The second kappa shape index (κ2) is 3.28. The van der Waals surface area contributed by atoms with Gasteiger partial charge >= 0.3 is 0 Å². The van der Waals surface area contributed by atoms with Crippen molar-refractivity contribution in [2.45, 2.75) is 33.3 Å². The molecule has 14 heavy (non-hydrogen) atoms. The van der Waals surface area contributed by atoms with Crippen LogP contribution in [0.5, 0.6) is 5.75 Å². The Morgan fingerprint density at radius 3 is 2.71 bits per heavy atom. The summed E-state index contributed by atoms with van der Waals surface area (Å²) in [6.07, 6.45) is 0.356. The molecule has 0 fully saturated rings. The molecule has 1 aromatic carbocycles. The summed E-state index contributed by atoms with van der Waals surface area (Å²) in [5.41, 5.74) is 4.51. The van der Waals surface area contributed by atoms with Crippen LogP contribution >= 0.6 is 0 Å². The lowest BCUT2D eigenvalue weighted by atomic mass is 9.93. The van der Waals surface area contributed by atoms with Gasteiger partial charge in [-0.3, -0.25) is 0 Å². The minimum absolute atomic E-state index is 0.349. The first-order chi connectivity index (χ1) is 6.61. The van der Waals surface area contributed by atoms with Gasteiger partial charge in [-0.1, -0.05) is 6.07 Å². The second-order valence-electron chi connectivity index (χ2n) is 4.03. The quantitative estimate of drug-likeness (QED) is 0.684. The van der Waals surface area contributed by atoms with Gasteiger partial charge in [0.15, 0.2) is 0 Å². The molecule has 0 aromatic heterocycles. The SMILES string of the molecule is Cc1cc(C)c2c(c1C)OCCC2O. The molecule has 76 valence electrons. The zero-order valence-electron chi connectivity index (χ0n) is 8.92. The average Bonchev–Trinajstić information content (AvgIpc) is 2.14. The van der Waals surface area contributed by atoms with Crippen LogP contribution in [0.15, 0.2) is 6.07 Å². The van der Waals surface area contributed by atoms with Crippen LogP contribution in [0.2, 0.25) is 0 Å². The van der Waals surface area contributed by atoms with E-state index in [2.05, 4.69) is 13.0 Å². The summed E-state index contributed by atoms with van der Waals surface area (Å²) in [5, 5.41) is 9.88. The third-order valence-electron chi connectivity index (χ3n) is 3.01. The largest absolute Gasteiger partial charge is 0.493 e. The van der Waals surface area contributed by atoms with Crippen LogP contribution < -0.4 is 4.74 Å². The van der Waals surface area contributed by atoms with Crippen molar-refractivity contribution in [3.8, 4) is 5.75 Å². The summed E-state index contributed by atoms with van der Waals surface area (Å²) in [4.78, 5) is 0. The first-order valence-electron chi connectivity index (χ1n) is 5.03. The van der Waals surface area contributed by atoms with E-state index in [0.29, 0.717) is 13.0 Å². The van der Waals surface area contributed by atoms with E-state index in [-0.39, 0.29) is 6.10 Å². The third-order valence-corrected chi connectivity index (χ3v) is 3.01. The van der Waals surface area contributed by atoms with Crippen LogP contribution in [0.25, 0.3) is 0 Å². The van der Waals surface area contributed by atoms with Gasteiger partial charge < -0.3 is 9.84 Å². The van der Waals surface area contributed by atoms with Gasteiger partial charge in [0.05, 0.1) is 12.7 Å². The molecule has 0 saturated heterocycles. The van der Waals surface area contributed by atoms with Crippen molar-refractivity contribution < 1.29 is 9.84 Å². The number of ether oxygens (including phenoxy) is 1. The molecule has 1 aliphatic rings. The number of rotatable bonds is 0. The van der Waals surface area contributed by atoms with Crippen molar-refractivity contribution in [2.75, 3.05) is 6.61 Å². The van der Waals surface area contributed by atoms with Gasteiger partial charge in [0, 0.05) is 12.0 Å². The van der Waals surface area contributed by atoms with Crippen LogP contribution in [0.1, 0.15) is 34.8 Å². The van der Waals surface area contributed by atoms with Gasteiger partial charge in [0.1, 0.15) is 5.75 Å². The summed E-state index contributed by atoms with van der Waals surface area (Å²) >= 11 is 0.